The van der Waals surface area contributed by atoms with E-state index in [0.717, 1.165) is 29.4 Å². The molecule has 13 heteroatoms. The third-order valence-corrected chi connectivity index (χ3v) is 15.8. The molecule has 0 amide bonds. The predicted molar refractivity (Wildman–Crippen MR) is 279 cm³/mol. The van der Waals surface area contributed by atoms with Crippen LogP contribution < -0.4 is 47.7 Å². The maximum Gasteiger partial charge on any atom is 2.00 e. The summed E-state index contributed by atoms with van der Waals surface area (Å²) in [5.74, 6) is 2.24. The molecular formula is C51H56Br2Cl4MgNiO3P2. The Balaban J connectivity index is 0.000000329. The smallest absolute Gasteiger partial charge is 0.0622 e. The maximum atomic E-state index is 5.90. The van der Waals surface area contributed by atoms with Gasteiger partial charge in [0, 0.05) is 17.7 Å². The summed E-state index contributed by atoms with van der Waals surface area (Å²) in [5, 5.41) is 7.26. The van der Waals surface area contributed by atoms with Gasteiger partial charge in [-0.1, -0.05) is 167 Å². The molecule has 1 heterocycles. The van der Waals surface area contributed by atoms with Gasteiger partial charge >= 0.3 is 56.1 Å². The average Bonchev–Trinajstić information content (AvgIpc) is 4.29. The molecule has 3 fully saturated rings. The Hall–Kier alpha value is -0.880. The molecule has 2 saturated carbocycles. The molecule has 342 valence electrons. The normalized spacial score (nSPS) is 12.9. The molecule has 0 aromatic heterocycles. The van der Waals surface area contributed by atoms with E-state index in [0.29, 0.717) is 28.4 Å². The number of hydrogen-bond acceptors (Lipinski definition) is 3. The summed E-state index contributed by atoms with van der Waals surface area (Å²) < 4.78 is 16.0. The van der Waals surface area contributed by atoms with Crippen molar-refractivity contribution in [1.82, 2.24) is 0 Å². The van der Waals surface area contributed by atoms with Gasteiger partial charge in [0.25, 0.3) is 0 Å². The van der Waals surface area contributed by atoms with Crippen LogP contribution in [0.3, 0.4) is 0 Å². The van der Waals surface area contributed by atoms with Crippen molar-refractivity contribution < 1.29 is 43.8 Å². The number of ether oxygens (including phenoxy) is 3. The van der Waals surface area contributed by atoms with Crippen LogP contribution in [0.15, 0.2) is 162 Å². The third-order valence-electron chi connectivity index (χ3n) is 9.49. The van der Waals surface area contributed by atoms with Gasteiger partial charge in [0.05, 0.1) is 24.3 Å². The number of methoxy groups -OCH3 is 2. The third kappa shape index (κ3) is 23.9. The summed E-state index contributed by atoms with van der Waals surface area (Å²) in [6.07, 6.45) is 13.9. The molecule has 64 heavy (non-hydrogen) atoms. The largest absolute Gasteiger partial charge is 2.00 e. The Morgan fingerprint density at radius 3 is 1.27 bits per heavy atom. The molecule has 3 nitrogen and oxygen atoms in total. The first kappa shape index (κ1) is 59.2. The first-order chi connectivity index (χ1) is 30.4. The zero-order valence-corrected chi connectivity index (χ0v) is 46.7. The predicted octanol–water partition coefficient (Wildman–Crippen LogP) is 11.8. The number of halogens is 6. The van der Waals surface area contributed by atoms with E-state index in [1.165, 1.54) is 84.1 Å². The topological polar surface area (TPSA) is 27.7 Å². The van der Waals surface area contributed by atoms with E-state index < -0.39 is 0 Å². The molecule has 6 aromatic rings. The molecule has 1 saturated heterocycles. The summed E-state index contributed by atoms with van der Waals surface area (Å²) >= 11 is 15.5. The van der Waals surface area contributed by atoms with Gasteiger partial charge in [-0.25, -0.2) is 12.8 Å². The molecular weight excluding hydrogens is 1110 g/mol. The van der Waals surface area contributed by atoms with Gasteiger partial charge in [0.1, 0.15) is 11.5 Å². The van der Waals surface area contributed by atoms with Crippen molar-refractivity contribution in [2.75, 3.05) is 39.8 Å². The average molecular weight is 1160 g/mol. The first-order valence-corrected chi connectivity index (χ1v) is 28.0. The fourth-order valence-corrected chi connectivity index (χ4v) is 11.8. The van der Waals surface area contributed by atoms with E-state index in [1.807, 2.05) is 24.3 Å². The van der Waals surface area contributed by atoms with Crippen LogP contribution in [-0.4, -0.2) is 62.8 Å². The van der Waals surface area contributed by atoms with E-state index in [9.17, 15) is 0 Å². The van der Waals surface area contributed by atoms with Crippen molar-refractivity contribution in [3.05, 3.63) is 184 Å². The molecule has 0 bridgehead atoms. The summed E-state index contributed by atoms with van der Waals surface area (Å²) in [6, 6.07) is 55.8. The molecule has 6 aromatic carbocycles. The Morgan fingerprint density at radius 1 is 0.609 bits per heavy atom. The quantitative estimate of drug-likeness (QED) is 0.0735. The number of rotatable bonds is 11. The van der Waals surface area contributed by atoms with E-state index >= 15 is 0 Å². The van der Waals surface area contributed by atoms with Crippen molar-refractivity contribution in [1.29, 1.82) is 0 Å². The van der Waals surface area contributed by atoms with Gasteiger partial charge in [-0.3, -0.25) is 0 Å². The van der Waals surface area contributed by atoms with Crippen LogP contribution in [0.1, 0.15) is 56.4 Å². The van der Waals surface area contributed by atoms with Crippen LogP contribution in [0.4, 0.5) is 0 Å². The minimum Gasteiger partial charge on any atom is -0.0622 e. The van der Waals surface area contributed by atoms with Crippen LogP contribution in [0.25, 0.3) is 0 Å². The second-order valence-electron chi connectivity index (χ2n) is 14.2. The van der Waals surface area contributed by atoms with Crippen molar-refractivity contribution in [2.24, 2.45) is 0 Å². The van der Waals surface area contributed by atoms with Gasteiger partial charge < -0.3 is 37.6 Å². The van der Waals surface area contributed by atoms with Gasteiger partial charge in [-0.05, 0) is 123 Å². The van der Waals surface area contributed by atoms with Gasteiger partial charge in [-0.2, -0.15) is 0 Å². The maximum absolute atomic E-state index is 5.90. The van der Waals surface area contributed by atoms with Crippen LogP contribution in [-0.2, 0) is 17.4 Å². The van der Waals surface area contributed by atoms with Crippen molar-refractivity contribution >= 4 is 120 Å². The first-order valence-electron chi connectivity index (χ1n) is 20.7. The van der Waals surface area contributed by atoms with Crippen LogP contribution >= 0.6 is 75.4 Å². The molecule has 2 aliphatic carbocycles. The molecule has 0 N–H and O–H groups in total. The monoisotopic (exact) mass is 1160 g/mol. The van der Waals surface area contributed by atoms with Gasteiger partial charge in [-0.15, -0.1) is 0 Å². The molecule has 9 rings (SSSR count). The second kappa shape index (κ2) is 36.2. The summed E-state index contributed by atoms with van der Waals surface area (Å²) in [5.41, 5.74) is 1.36. The number of benzene rings is 6. The molecule has 0 spiro atoms. The zero-order valence-electron chi connectivity index (χ0n) is 36.4. The van der Waals surface area contributed by atoms with Crippen molar-refractivity contribution in [3.8, 4) is 11.5 Å². The van der Waals surface area contributed by atoms with E-state index in [-0.39, 0.29) is 55.9 Å². The number of hydrogen-bond donors (Lipinski definition) is 0. The Bertz CT molecular complexity index is 1910. The summed E-state index contributed by atoms with van der Waals surface area (Å²) in [7, 11) is 12.0. The van der Waals surface area contributed by atoms with Gasteiger partial charge in [0.2, 0.25) is 0 Å². The fourth-order valence-electron chi connectivity index (χ4n) is 6.12. The minimum absolute atomic E-state index is 0. The van der Waals surface area contributed by atoms with Crippen LogP contribution in [0, 0.1) is 6.42 Å². The molecule has 0 atom stereocenters. The Kier molecular flexibility index (Phi) is 33.5. The standard InChI is InChI=1S/C27H26P2.C10H11ClO.C7H6BrClO.C4H8O.C3H5.BrH.2ClH.Mg.Ni/c1-5-14-24(15-6-1)28(25-16-7-2-8-17-25)22-13-23-29(26-18-9-3-10-19-26)27-20-11-4-12-21-27;1-12-10-6-8(7-2-3-7)4-5-9(10)11;1-10-7-4-5(8)2-3-6(7)9;1-2-4-5-3-1;1-2-3-1;;;;;/h1-12,14-21H,13,22-23H2;4-7H,2-3H2,1H3;2-4H,1H3;1-4H2;1H,2-3H2;3*1H;;/q;;;;-1;;;;2*+2/p-3. The van der Waals surface area contributed by atoms with Crippen molar-refractivity contribution in [3.63, 3.8) is 0 Å². The molecule has 0 unspecified atom stereocenters. The van der Waals surface area contributed by atoms with Crippen LogP contribution in [0.2, 0.25) is 10.0 Å². The van der Waals surface area contributed by atoms with Crippen LogP contribution in [0.5, 0.6) is 11.5 Å². The Morgan fingerprint density at radius 2 is 0.969 bits per heavy atom. The fraction of sp³-hybridized carbons (Fsp3) is 0.275. The Labute approximate surface area is 445 Å². The van der Waals surface area contributed by atoms with E-state index in [2.05, 4.69) is 150 Å². The summed E-state index contributed by atoms with van der Waals surface area (Å²) in [6.45, 7) is 2.00. The SMILES string of the molecule is C1CCOC1.COc1cc(Br)ccc1Cl.COc1cc(C2CC2)ccc1Cl.[Br-].[CH-]1CC1.[Cl][Ni][Cl].[Mg+2].c1ccc(P(CCCP(c2ccccc2)c2ccccc2)c2ccccc2)cc1. The van der Waals surface area contributed by atoms with Gasteiger partial charge in [0.15, 0.2) is 0 Å². The molecule has 3 aliphatic rings. The zero-order chi connectivity index (χ0) is 44.2. The molecule has 1 aliphatic heterocycles. The minimum atomic E-state index is -0.309. The summed E-state index contributed by atoms with van der Waals surface area (Å²) in [4.78, 5) is 0. The van der Waals surface area contributed by atoms with E-state index in [4.69, 9.17) is 57.8 Å². The molecule has 0 radical (unpaired) electrons. The van der Waals surface area contributed by atoms with E-state index in [1.54, 1.807) is 20.3 Å². The second-order valence-corrected chi connectivity index (χ2v) is 22.2. The van der Waals surface area contributed by atoms with Crippen molar-refractivity contribution in [2.45, 2.75) is 50.9 Å².